The third-order valence-corrected chi connectivity index (χ3v) is 4.50. The lowest BCUT2D eigenvalue weighted by Crippen LogP contribution is -2.57. The highest BCUT2D eigenvalue weighted by Gasteiger charge is 2.44. The molecule has 0 aromatic heterocycles. The zero-order chi connectivity index (χ0) is 13.5. The van der Waals surface area contributed by atoms with E-state index in [-0.39, 0.29) is 11.4 Å². The third kappa shape index (κ3) is 2.20. The van der Waals surface area contributed by atoms with Crippen LogP contribution in [0.1, 0.15) is 42.5 Å². The number of carboxylic acid groups (broad SMARTS) is 1. The maximum Gasteiger partial charge on any atom is 0.335 e. The number of halogens is 1. The average Bonchev–Trinajstić information content (AvgIpc) is 2.37. The topological polar surface area (TPSA) is 40.5 Å². The van der Waals surface area contributed by atoms with Crippen molar-refractivity contribution >= 4 is 11.7 Å². The molecule has 0 bridgehead atoms. The molecule has 1 aromatic rings. The van der Waals surface area contributed by atoms with Gasteiger partial charge in [0.15, 0.2) is 0 Å². The maximum atomic E-state index is 13.8. The first kappa shape index (κ1) is 12.5. The lowest BCUT2D eigenvalue weighted by atomic mass is 9.68. The Morgan fingerprint density at radius 3 is 2.53 bits per heavy atom. The van der Waals surface area contributed by atoms with Gasteiger partial charge in [-0.05, 0) is 31.0 Å². The molecule has 19 heavy (non-hydrogen) atoms. The smallest absolute Gasteiger partial charge is 0.335 e. The minimum absolute atomic E-state index is 0.154. The van der Waals surface area contributed by atoms with Crippen molar-refractivity contribution in [3.63, 3.8) is 0 Å². The molecule has 1 saturated heterocycles. The Morgan fingerprint density at radius 1 is 1.21 bits per heavy atom. The summed E-state index contributed by atoms with van der Waals surface area (Å²) in [6, 6.07) is 4.02. The molecule has 3 nitrogen and oxygen atoms in total. The van der Waals surface area contributed by atoms with Crippen LogP contribution >= 0.6 is 0 Å². The van der Waals surface area contributed by atoms with Crippen LogP contribution in [0, 0.1) is 11.2 Å². The van der Waals surface area contributed by atoms with E-state index >= 15 is 0 Å². The summed E-state index contributed by atoms with van der Waals surface area (Å²) >= 11 is 0. The first-order chi connectivity index (χ1) is 9.10. The second kappa shape index (κ2) is 4.51. The summed E-state index contributed by atoms with van der Waals surface area (Å²) < 4.78 is 13.8. The maximum absolute atomic E-state index is 13.8. The van der Waals surface area contributed by atoms with E-state index in [4.69, 9.17) is 5.11 Å². The van der Waals surface area contributed by atoms with Crippen LogP contribution in [0.25, 0.3) is 0 Å². The SMILES string of the molecule is O=C(O)c1ccc(F)c(N2CC3(CCCCC3)C2)c1. The van der Waals surface area contributed by atoms with E-state index in [1.165, 1.54) is 50.3 Å². The van der Waals surface area contributed by atoms with E-state index in [1.807, 2.05) is 4.90 Å². The molecule has 1 aliphatic carbocycles. The van der Waals surface area contributed by atoms with E-state index in [2.05, 4.69) is 0 Å². The van der Waals surface area contributed by atoms with Gasteiger partial charge < -0.3 is 10.0 Å². The van der Waals surface area contributed by atoms with Gasteiger partial charge in [0, 0.05) is 18.5 Å². The number of anilines is 1. The van der Waals surface area contributed by atoms with Crippen molar-refractivity contribution in [1.29, 1.82) is 0 Å². The number of rotatable bonds is 2. The predicted molar refractivity (Wildman–Crippen MR) is 71.1 cm³/mol. The van der Waals surface area contributed by atoms with E-state index in [0.29, 0.717) is 11.1 Å². The fourth-order valence-corrected chi connectivity index (χ4v) is 3.44. The van der Waals surface area contributed by atoms with Crippen LogP contribution in [0.4, 0.5) is 10.1 Å². The van der Waals surface area contributed by atoms with Crippen LogP contribution in [0.2, 0.25) is 0 Å². The van der Waals surface area contributed by atoms with Gasteiger partial charge in [-0.15, -0.1) is 0 Å². The molecule has 0 radical (unpaired) electrons. The summed E-state index contributed by atoms with van der Waals surface area (Å²) in [6.45, 7) is 1.74. The lowest BCUT2D eigenvalue weighted by molar-refractivity contribution is 0.0697. The van der Waals surface area contributed by atoms with Gasteiger partial charge in [-0.25, -0.2) is 9.18 Å². The normalized spacial score (nSPS) is 21.2. The van der Waals surface area contributed by atoms with Crippen molar-refractivity contribution in [2.75, 3.05) is 18.0 Å². The number of hydrogen-bond donors (Lipinski definition) is 1. The number of nitrogens with zero attached hydrogens (tertiary/aromatic N) is 1. The quantitative estimate of drug-likeness (QED) is 0.890. The fourth-order valence-electron chi connectivity index (χ4n) is 3.44. The molecular formula is C15H18FNO2. The van der Waals surface area contributed by atoms with Crippen molar-refractivity contribution in [2.45, 2.75) is 32.1 Å². The van der Waals surface area contributed by atoms with Gasteiger partial charge in [0.2, 0.25) is 0 Å². The predicted octanol–water partition coefficient (Wildman–Crippen LogP) is 3.29. The second-order valence-corrected chi connectivity index (χ2v) is 5.89. The summed E-state index contributed by atoms with van der Waals surface area (Å²) in [5, 5.41) is 8.97. The molecule has 1 heterocycles. The van der Waals surface area contributed by atoms with Crippen molar-refractivity contribution in [3.8, 4) is 0 Å². The molecule has 2 aliphatic rings. The first-order valence-corrected chi connectivity index (χ1v) is 6.88. The molecule has 1 aromatic carbocycles. The summed E-state index contributed by atoms with van der Waals surface area (Å²) in [6.07, 6.45) is 6.30. The van der Waals surface area contributed by atoms with Gasteiger partial charge in [0.05, 0.1) is 11.3 Å². The Balaban J connectivity index is 1.77. The van der Waals surface area contributed by atoms with Gasteiger partial charge in [-0.2, -0.15) is 0 Å². The highest BCUT2D eigenvalue weighted by Crippen LogP contribution is 2.45. The van der Waals surface area contributed by atoms with Crippen LogP contribution in [-0.2, 0) is 0 Å². The van der Waals surface area contributed by atoms with Crippen molar-refractivity contribution in [3.05, 3.63) is 29.6 Å². The zero-order valence-corrected chi connectivity index (χ0v) is 10.9. The van der Waals surface area contributed by atoms with Gasteiger partial charge in [-0.1, -0.05) is 19.3 Å². The van der Waals surface area contributed by atoms with Crippen LogP contribution in [0.15, 0.2) is 18.2 Å². The molecule has 2 fully saturated rings. The molecule has 0 amide bonds. The Morgan fingerprint density at radius 2 is 1.89 bits per heavy atom. The van der Waals surface area contributed by atoms with Crippen LogP contribution in [0.5, 0.6) is 0 Å². The standard InChI is InChI=1S/C15H18FNO2/c16-12-5-4-11(14(18)19)8-13(12)17-9-15(10-17)6-2-1-3-7-15/h4-5,8H,1-3,6-7,9-10H2,(H,18,19). The minimum atomic E-state index is -1.01. The van der Waals surface area contributed by atoms with Crippen molar-refractivity contribution in [2.24, 2.45) is 5.41 Å². The molecule has 4 heteroatoms. The average molecular weight is 263 g/mol. The fraction of sp³-hybridized carbons (Fsp3) is 0.533. The molecule has 3 rings (SSSR count). The third-order valence-electron chi connectivity index (χ3n) is 4.50. The Kier molecular flexibility index (Phi) is 2.96. The van der Waals surface area contributed by atoms with E-state index in [0.717, 1.165) is 13.1 Å². The molecule has 0 unspecified atom stereocenters. The summed E-state index contributed by atoms with van der Waals surface area (Å²) in [5.74, 6) is -1.33. The molecule has 0 atom stereocenters. The Labute approximate surface area is 112 Å². The molecule has 102 valence electrons. The second-order valence-electron chi connectivity index (χ2n) is 5.89. The first-order valence-electron chi connectivity index (χ1n) is 6.88. The monoisotopic (exact) mass is 263 g/mol. The molecular weight excluding hydrogens is 245 g/mol. The summed E-state index contributed by atoms with van der Waals surface area (Å²) in [7, 11) is 0. The number of hydrogen-bond acceptors (Lipinski definition) is 2. The van der Waals surface area contributed by atoms with E-state index in [9.17, 15) is 9.18 Å². The van der Waals surface area contributed by atoms with Gasteiger partial charge >= 0.3 is 5.97 Å². The van der Waals surface area contributed by atoms with E-state index in [1.54, 1.807) is 0 Å². The Bertz CT molecular complexity index is 501. The van der Waals surface area contributed by atoms with Crippen molar-refractivity contribution in [1.82, 2.24) is 0 Å². The van der Waals surface area contributed by atoms with Gasteiger partial charge in [-0.3, -0.25) is 0 Å². The number of carboxylic acids is 1. The molecule has 1 N–H and O–H groups in total. The lowest BCUT2D eigenvalue weighted by Gasteiger charge is -2.53. The van der Waals surface area contributed by atoms with E-state index < -0.39 is 5.97 Å². The summed E-state index contributed by atoms with van der Waals surface area (Å²) in [5.41, 5.74) is 0.960. The zero-order valence-electron chi connectivity index (χ0n) is 10.9. The highest BCUT2D eigenvalue weighted by atomic mass is 19.1. The number of aromatic carboxylic acids is 1. The van der Waals surface area contributed by atoms with Gasteiger partial charge in [0.25, 0.3) is 0 Å². The largest absolute Gasteiger partial charge is 0.478 e. The minimum Gasteiger partial charge on any atom is -0.478 e. The number of carbonyl (C=O) groups is 1. The molecule has 1 aliphatic heterocycles. The number of benzene rings is 1. The van der Waals surface area contributed by atoms with Crippen LogP contribution in [-0.4, -0.2) is 24.2 Å². The summed E-state index contributed by atoms with van der Waals surface area (Å²) in [4.78, 5) is 12.9. The highest BCUT2D eigenvalue weighted by molar-refractivity contribution is 5.89. The Hall–Kier alpha value is -1.58. The molecule has 1 spiro atoms. The molecule has 1 saturated carbocycles. The van der Waals surface area contributed by atoms with Gasteiger partial charge in [0.1, 0.15) is 5.82 Å². The van der Waals surface area contributed by atoms with Crippen LogP contribution < -0.4 is 4.90 Å². The van der Waals surface area contributed by atoms with Crippen LogP contribution in [0.3, 0.4) is 0 Å². The van der Waals surface area contributed by atoms with Crippen molar-refractivity contribution < 1.29 is 14.3 Å².